The molecule has 0 unspecified atom stereocenters. The van der Waals surface area contributed by atoms with Gasteiger partial charge in [0.25, 0.3) is 0 Å². The van der Waals surface area contributed by atoms with Gasteiger partial charge in [-0.1, -0.05) is 40.9 Å². The second kappa shape index (κ2) is 3.60. The number of rotatable bonds is 3. The van der Waals surface area contributed by atoms with Crippen LogP contribution in [0.4, 0.5) is 0 Å². The molecule has 0 aliphatic carbocycles. The SMILES string of the molecule is C=C(C(=C)C(C)C)C(C)C. The third-order valence-corrected chi connectivity index (χ3v) is 1.81. The van der Waals surface area contributed by atoms with Gasteiger partial charge in [-0.3, -0.25) is 0 Å². The molecule has 0 spiro atoms. The Kier molecular flexibility index (Phi) is 3.41. The maximum absolute atomic E-state index is 3.98. The van der Waals surface area contributed by atoms with Crippen molar-refractivity contribution in [3.05, 3.63) is 24.3 Å². The molecule has 10 heavy (non-hydrogen) atoms. The molecule has 0 rings (SSSR count). The van der Waals surface area contributed by atoms with Crippen molar-refractivity contribution in [3.8, 4) is 0 Å². The summed E-state index contributed by atoms with van der Waals surface area (Å²) in [6.07, 6.45) is 0. The molecule has 0 aliphatic heterocycles. The van der Waals surface area contributed by atoms with Gasteiger partial charge in [-0.2, -0.15) is 0 Å². The van der Waals surface area contributed by atoms with Gasteiger partial charge >= 0.3 is 0 Å². The Morgan fingerprint density at radius 3 is 1.10 bits per heavy atom. The molecule has 0 saturated heterocycles. The van der Waals surface area contributed by atoms with Crippen LogP contribution in [0.3, 0.4) is 0 Å². The molecule has 0 saturated carbocycles. The molecule has 0 fully saturated rings. The predicted octanol–water partition coefficient (Wildman–Crippen LogP) is 3.41. The lowest BCUT2D eigenvalue weighted by molar-refractivity contribution is 0.707. The summed E-state index contributed by atoms with van der Waals surface area (Å²) >= 11 is 0. The zero-order valence-corrected chi connectivity index (χ0v) is 7.57. The van der Waals surface area contributed by atoms with Gasteiger partial charge < -0.3 is 0 Å². The predicted molar refractivity (Wildman–Crippen MR) is 48.0 cm³/mol. The minimum atomic E-state index is 0.537. The Bertz CT molecular complexity index is 120. The first kappa shape index (κ1) is 9.48. The molecule has 0 bridgehead atoms. The summed E-state index contributed by atoms with van der Waals surface area (Å²) in [5.74, 6) is 1.07. The van der Waals surface area contributed by atoms with Crippen LogP contribution in [0, 0.1) is 11.8 Å². The van der Waals surface area contributed by atoms with E-state index in [2.05, 4.69) is 40.9 Å². The third kappa shape index (κ3) is 2.38. The first-order valence-corrected chi connectivity index (χ1v) is 3.84. The molecule has 0 radical (unpaired) electrons. The van der Waals surface area contributed by atoms with Gasteiger partial charge in [0.05, 0.1) is 0 Å². The van der Waals surface area contributed by atoms with Crippen molar-refractivity contribution in [1.29, 1.82) is 0 Å². The molecule has 0 heterocycles. The highest BCUT2D eigenvalue weighted by Gasteiger charge is 2.07. The molecule has 0 aliphatic rings. The maximum Gasteiger partial charge on any atom is -0.0222 e. The van der Waals surface area contributed by atoms with Crippen molar-refractivity contribution in [2.75, 3.05) is 0 Å². The van der Waals surface area contributed by atoms with Crippen LogP contribution in [0.25, 0.3) is 0 Å². The Morgan fingerprint density at radius 2 is 1.00 bits per heavy atom. The lowest BCUT2D eigenvalue weighted by atomic mass is 9.91. The molecule has 0 nitrogen and oxygen atoms in total. The van der Waals surface area contributed by atoms with E-state index in [1.54, 1.807) is 0 Å². The molecular formula is C10H18. The van der Waals surface area contributed by atoms with E-state index in [4.69, 9.17) is 0 Å². The van der Waals surface area contributed by atoms with E-state index in [1.165, 1.54) is 11.1 Å². The summed E-state index contributed by atoms with van der Waals surface area (Å²) in [6.45, 7) is 16.5. The van der Waals surface area contributed by atoms with Gasteiger partial charge in [0.15, 0.2) is 0 Å². The topological polar surface area (TPSA) is 0 Å². The molecular weight excluding hydrogens is 120 g/mol. The van der Waals surface area contributed by atoms with Crippen molar-refractivity contribution in [2.24, 2.45) is 11.8 Å². The lowest BCUT2D eigenvalue weighted by Crippen LogP contribution is -2.00. The van der Waals surface area contributed by atoms with E-state index in [1.807, 2.05) is 0 Å². The zero-order chi connectivity index (χ0) is 8.31. The van der Waals surface area contributed by atoms with E-state index in [0.717, 1.165) is 0 Å². The Balaban J connectivity index is 4.10. The highest BCUT2D eigenvalue weighted by Crippen LogP contribution is 2.21. The largest absolute Gasteiger partial charge is 0.0953 e. The third-order valence-electron chi connectivity index (χ3n) is 1.81. The zero-order valence-electron chi connectivity index (χ0n) is 7.57. The van der Waals surface area contributed by atoms with Gasteiger partial charge in [0, 0.05) is 0 Å². The summed E-state index contributed by atoms with van der Waals surface area (Å²) in [7, 11) is 0. The molecule has 58 valence electrons. The second-order valence-corrected chi connectivity index (χ2v) is 3.36. The molecule has 0 heteroatoms. The summed E-state index contributed by atoms with van der Waals surface area (Å²) < 4.78 is 0. The fraction of sp³-hybridized carbons (Fsp3) is 0.600. The average Bonchev–Trinajstić information content (AvgIpc) is 1.84. The van der Waals surface area contributed by atoms with Crippen LogP contribution in [0.2, 0.25) is 0 Å². The van der Waals surface area contributed by atoms with Crippen LogP contribution in [0.5, 0.6) is 0 Å². The Hall–Kier alpha value is -0.520. The van der Waals surface area contributed by atoms with Gasteiger partial charge in [-0.15, -0.1) is 0 Å². The van der Waals surface area contributed by atoms with E-state index in [9.17, 15) is 0 Å². The highest BCUT2D eigenvalue weighted by atomic mass is 14.1. The number of hydrogen-bond donors (Lipinski definition) is 0. The highest BCUT2D eigenvalue weighted by molar-refractivity contribution is 5.27. The van der Waals surface area contributed by atoms with Crippen LogP contribution in [-0.2, 0) is 0 Å². The minimum absolute atomic E-state index is 0.537. The van der Waals surface area contributed by atoms with Crippen molar-refractivity contribution >= 4 is 0 Å². The average molecular weight is 138 g/mol. The van der Waals surface area contributed by atoms with E-state index in [0.29, 0.717) is 11.8 Å². The van der Waals surface area contributed by atoms with Gasteiger partial charge in [-0.05, 0) is 23.0 Å². The number of allylic oxidation sites excluding steroid dienone is 2. The lowest BCUT2D eigenvalue weighted by Gasteiger charge is -2.15. The normalized spacial score (nSPS) is 10.6. The van der Waals surface area contributed by atoms with Crippen LogP contribution in [0.1, 0.15) is 27.7 Å². The van der Waals surface area contributed by atoms with E-state index in [-0.39, 0.29) is 0 Å². The van der Waals surface area contributed by atoms with Crippen molar-refractivity contribution in [1.82, 2.24) is 0 Å². The fourth-order valence-corrected chi connectivity index (χ4v) is 0.742. The van der Waals surface area contributed by atoms with Crippen LogP contribution < -0.4 is 0 Å². The van der Waals surface area contributed by atoms with Gasteiger partial charge in [-0.25, -0.2) is 0 Å². The summed E-state index contributed by atoms with van der Waals surface area (Å²) in [4.78, 5) is 0. The number of hydrogen-bond acceptors (Lipinski definition) is 0. The molecule has 0 amide bonds. The minimum Gasteiger partial charge on any atom is -0.0953 e. The van der Waals surface area contributed by atoms with Crippen LogP contribution in [0.15, 0.2) is 24.3 Å². The Morgan fingerprint density at radius 1 is 0.800 bits per heavy atom. The van der Waals surface area contributed by atoms with Crippen molar-refractivity contribution in [3.63, 3.8) is 0 Å². The van der Waals surface area contributed by atoms with E-state index < -0.39 is 0 Å². The Labute approximate surface area is 64.6 Å². The second-order valence-electron chi connectivity index (χ2n) is 3.36. The smallest absolute Gasteiger partial charge is 0.0222 e. The van der Waals surface area contributed by atoms with Crippen molar-refractivity contribution in [2.45, 2.75) is 27.7 Å². The molecule has 0 aromatic carbocycles. The van der Waals surface area contributed by atoms with Crippen molar-refractivity contribution < 1.29 is 0 Å². The molecule has 0 atom stereocenters. The summed E-state index contributed by atoms with van der Waals surface area (Å²) in [5, 5.41) is 0. The van der Waals surface area contributed by atoms with Crippen LogP contribution >= 0.6 is 0 Å². The molecule has 0 aromatic heterocycles. The summed E-state index contributed by atoms with van der Waals surface area (Å²) in [6, 6.07) is 0. The van der Waals surface area contributed by atoms with E-state index >= 15 is 0 Å². The van der Waals surface area contributed by atoms with Gasteiger partial charge in [0.1, 0.15) is 0 Å². The van der Waals surface area contributed by atoms with Gasteiger partial charge in [0.2, 0.25) is 0 Å². The molecule has 0 aromatic rings. The summed E-state index contributed by atoms with van der Waals surface area (Å²) in [5.41, 5.74) is 2.38. The monoisotopic (exact) mass is 138 g/mol. The molecule has 0 N–H and O–H groups in total. The standard InChI is InChI=1S/C10H18/c1-7(2)9(5)10(6)8(3)4/h7-8H,5-6H2,1-4H3. The first-order chi connectivity index (χ1) is 4.46. The first-order valence-electron chi connectivity index (χ1n) is 3.84. The maximum atomic E-state index is 3.98. The van der Waals surface area contributed by atoms with Crippen LogP contribution in [-0.4, -0.2) is 0 Å². The quantitative estimate of drug-likeness (QED) is 0.524. The fourth-order valence-electron chi connectivity index (χ4n) is 0.742.